The van der Waals surface area contributed by atoms with Crippen molar-refractivity contribution in [3.05, 3.63) is 52.3 Å². The molecule has 1 N–H and O–H groups in total. The Labute approximate surface area is 172 Å². The van der Waals surface area contributed by atoms with Crippen molar-refractivity contribution in [2.45, 2.75) is 57.5 Å². The van der Waals surface area contributed by atoms with Crippen molar-refractivity contribution in [2.75, 3.05) is 6.54 Å². The van der Waals surface area contributed by atoms with Crippen molar-refractivity contribution in [3.8, 4) is 11.8 Å². The molecule has 0 aliphatic carbocycles. The lowest BCUT2D eigenvalue weighted by atomic mass is 9.98. The van der Waals surface area contributed by atoms with Crippen LogP contribution in [-0.4, -0.2) is 45.1 Å². The molecule has 3 heterocycles. The van der Waals surface area contributed by atoms with Crippen LogP contribution in [0.5, 0.6) is 0 Å². The second-order valence-corrected chi connectivity index (χ2v) is 8.11. The first-order valence-electron chi connectivity index (χ1n) is 9.90. The number of hydrogen-bond acceptors (Lipinski definition) is 4. The van der Waals surface area contributed by atoms with Gasteiger partial charge in [-0.15, -0.1) is 0 Å². The zero-order valence-corrected chi connectivity index (χ0v) is 16.7. The first-order valence-corrected chi connectivity index (χ1v) is 9.90. The fourth-order valence-electron chi connectivity index (χ4n) is 5.16. The number of nitrogens with zero attached hydrogens (tertiary/aromatic N) is 3. The van der Waals surface area contributed by atoms with Crippen LogP contribution >= 0.6 is 0 Å². The third kappa shape index (κ3) is 3.22. The van der Waals surface area contributed by atoms with E-state index in [-0.39, 0.29) is 35.6 Å². The van der Waals surface area contributed by atoms with Crippen LogP contribution in [0.25, 0.3) is 5.69 Å². The molecule has 1 aromatic carbocycles. The lowest BCUT2D eigenvalue weighted by molar-refractivity contribution is -0.138. The summed E-state index contributed by atoms with van der Waals surface area (Å²) in [5.41, 5.74) is -0.201. The van der Waals surface area contributed by atoms with Crippen LogP contribution in [0.3, 0.4) is 0 Å². The van der Waals surface area contributed by atoms with Gasteiger partial charge >= 0.3 is 6.18 Å². The minimum absolute atomic E-state index is 0.0466. The van der Waals surface area contributed by atoms with Gasteiger partial charge in [-0.2, -0.15) is 18.4 Å². The zero-order chi connectivity index (χ0) is 21.8. The first kappa shape index (κ1) is 20.6. The van der Waals surface area contributed by atoms with Crippen LogP contribution in [0.2, 0.25) is 0 Å². The molecular formula is C22H22F3N3O2. The van der Waals surface area contributed by atoms with E-state index >= 15 is 0 Å². The lowest BCUT2D eigenvalue weighted by Crippen LogP contribution is -2.37. The molecule has 1 aromatic heterocycles. The van der Waals surface area contributed by atoms with Crippen LogP contribution in [0, 0.1) is 25.2 Å². The molecule has 0 spiro atoms. The summed E-state index contributed by atoms with van der Waals surface area (Å²) in [4.78, 5) is 15.0. The van der Waals surface area contributed by atoms with Crippen molar-refractivity contribution in [2.24, 2.45) is 0 Å². The van der Waals surface area contributed by atoms with E-state index in [0.717, 1.165) is 12.8 Å². The van der Waals surface area contributed by atoms with Gasteiger partial charge in [0.15, 0.2) is 5.78 Å². The number of benzene rings is 1. The fourth-order valence-corrected chi connectivity index (χ4v) is 5.16. The van der Waals surface area contributed by atoms with Gasteiger partial charge in [0.2, 0.25) is 0 Å². The van der Waals surface area contributed by atoms with Gasteiger partial charge in [-0.25, -0.2) is 0 Å². The van der Waals surface area contributed by atoms with Gasteiger partial charge < -0.3 is 9.67 Å². The molecule has 2 saturated heterocycles. The molecular weight excluding hydrogens is 395 g/mol. The van der Waals surface area contributed by atoms with E-state index in [4.69, 9.17) is 5.26 Å². The van der Waals surface area contributed by atoms with E-state index in [1.165, 1.54) is 30.5 Å². The van der Waals surface area contributed by atoms with Gasteiger partial charge in [-0.05, 0) is 57.4 Å². The molecule has 3 atom stereocenters. The number of aliphatic hydroxyl groups excluding tert-OH is 1. The van der Waals surface area contributed by atoms with Crippen molar-refractivity contribution < 1.29 is 23.1 Å². The maximum atomic E-state index is 14.0. The lowest BCUT2D eigenvalue weighted by Gasteiger charge is -2.21. The molecule has 0 amide bonds. The molecule has 2 unspecified atom stereocenters. The minimum atomic E-state index is -4.68. The zero-order valence-electron chi connectivity index (χ0n) is 16.7. The number of rotatable bonds is 4. The van der Waals surface area contributed by atoms with E-state index in [1.54, 1.807) is 12.1 Å². The Morgan fingerprint density at radius 2 is 1.87 bits per heavy atom. The highest BCUT2D eigenvalue weighted by molar-refractivity contribution is 6.01. The van der Waals surface area contributed by atoms with Crippen LogP contribution in [-0.2, 0) is 6.18 Å². The molecule has 2 aromatic rings. The predicted molar refractivity (Wildman–Crippen MR) is 103 cm³/mol. The van der Waals surface area contributed by atoms with Gasteiger partial charge in [0.05, 0.1) is 35.4 Å². The maximum absolute atomic E-state index is 14.0. The van der Waals surface area contributed by atoms with Gasteiger partial charge in [-0.3, -0.25) is 9.69 Å². The number of hydrogen-bond donors (Lipinski definition) is 1. The van der Waals surface area contributed by atoms with Crippen LogP contribution in [0.4, 0.5) is 13.2 Å². The highest BCUT2D eigenvalue weighted by Gasteiger charge is 2.47. The second-order valence-electron chi connectivity index (χ2n) is 8.11. The van der Waals surface area contributed by atoms with Crippen molar-refractivity contribution in [3.63, 3.8) is 0 Å². The minimum Gasteiger partial charge on any atom is -0.391 e. The topological polar surface area (TPSA) is 69.3 Å². The van der Waals surface area contributed by atoms with Crippen molar-refractivity contribution >= 4 is 5.78 Å². The number of halogens is 3. The fraction of sp³-hybridized carbons (Fsp3) is 0.455. The Bertz CT molecular complexity index is 1030. The normalized spacial score (nSPS) is 23.7. The number of Topliss-reactive ketones (excluding diaryl/α,β-unsaturated/α-hetero) is 1. The highest BCUT2D eigenvalue weighted by Crippen LogP contribution is 2.41. The number of carbonyl (C=O) groups excluding carboxylic acids is 1. The maximum Gasteiger partial charge on any atom is 0.418 e. The van der Waals surface area contributed by atoms with Gasteiger partial charge in [-0.1, -0.05) is 0 Å². The molecule has 30 heavy (non-hydrogen) atoms. The SMILES string of the molecule is Cc1c(C(=O)CN2C3CCC2[C@@H](O)C3)c(C(F)(F)F)c(C)n1-c1ccc(C#N)cc1. The van der Waals surface area contributed by atoms with Crippen LogP contribution < -0.4 is 0 Å². The summed E-state index contributed by atoms with van der Waals surface area (Å²) >= 11 is 0. The van der Waals surface area contributed by atoms with E-state index in [2.05, 4.69) is 0 Å². The first-order chi connectivity index (χ1) is 14.1. The van der Waals surface area contributed by atoms with Gasteiger partial charge in [0.25, 0.3) is 0 Å². The summed E-state index contributed by atoms with van der Waals surface area (Å²) in [6, 6.07) is 8.09. The standard InChI is InChI=1S/C22H22F3N3O2/c1-12-20(19(30)11-27-16-7-8-17(27)18(29)9-16)21(22(23,24)25)13(2)28(12)15-5-3-14(10-26)4-6-15/h3-6,16-18,29H,7-9,11H2,1-2H3/t16?,17?,18-/m0/s1. The Balaban J connectivity index is 1.77. The number of nitriles is 1. The van der Waals surface area contributed by atoms with E-state index in [0.29, 0.717) is 17.7 Å². The predicted octanol–water partition coefficient (Wildman–Crippen LogP) is 3.76. The van der Waals surface area contributed by atoms with Gasteiger partial charge in [0.1, 0.15) is 0 Å². The van der Waals surface area contributed by atoms with E-state index in [1.807, 2.05) is 11.0 Å². The molecule has 0 radical (unpaired) electrons. The van der Waals surface area contributed by atoms with Crippen molar-refractivity contribution in [1.29, 1.82) is 5.26 Å². The molecule has 2 aliphatic rings. The third-order valence-corrected chi connectivity index (χ3v) is 6.44. The smallest absolute Gasteiger partial charge is 0.391 e. The number of fused-ring (bicyclic) bond motifs is 2. The quantitative estimate of drug-likeness (QED) is 0.769. The molecule has 4 rings (SSSR count). The molecule has 5 nitrogen and oxygen atoms in total. The number of aromatic nitrogens is 1. The van der Waals surface area contributed by atoms with E-state index < -0.39 is 23.6 Å². The molecule has 2 bridgehead atoms. The summed E-state index contributed by atoms with van der Waals surface area (Å²) in [6.07, 6.45) is -3.03. The number of carbonyl (C=O) groups is 1. The Morgan fingerprint density at radius 1 is 1.20 bits per heavy atom. The second kappa shape index (κ2) is 7.25. The largest absolute Gasteiger partial charge is 0.418 e. The summed E-state index contributed by atoms with van der Waals surface area (Å²) in [7, 11) is 0. The summed E-state index contributed by atoms with van der Waals surface area (Å²) < 4.78 is 43.4. The summed E-state index contributed by atoms with van der Waals surface area (Å²) in [5, 5.41) is 19.1. The molecule has 0 saturated carbocycles. The average Bonchev–Trinajstić information content (AvgIpc) is 3.29. The molecule has 2 fully saturated rings. The van der Waals surface area contributed by atoms with Crippen LogP contribution in [0.1, 0.15) is 52.1 Å². The summed E-state index contributed by atoms with van der Waals surface area (Å²) in [6.45, 7) is 2.74. The number of ketones is 1. The molecule has 2 aliphatic heterocycles. The van der Waals surface area contributed by atoms with E-state index in [9.17, 15) is 23.1 Å². The average molecular weight is 417 g/mol. The Hall–Kier alpha value is -2.63. The van der Waals surface area contributed by atoms with Gasteiger partial charge in [0, 0.05) is 29.2 Å². The number of aliphatic hydroxyl groups is 1. The molecule has 158 valence electrons. The highest BCUT2D eigenvalue weighted by atomic mass is 19.4. The molecule has 8 heteroatoms. The summed E-state index contributed by atoms with van der Waals surface area (Å²) in [5.74, 6) is -0.582. The van der Waals surface area contributed by atoms with Crippen molar-refractivity contribution in [1.82, 2.24) is 9.47 Å². The van der Waals surface area contributed by atoms with Crippen LogP contribution in [0.15, 0.2) is 24.3 Å². The monoisotopic (exact) mass is 417 g/mol. The third-order valence-electron chi connectivity index (χ3n) is 6.44. The Morgan fingerprint density at radius 3 is 2.37 bits per heavy atom. The number of alkyl halides is 3. The Kier molecular flexibility index (Phi) is 4.99.